The number of benzene rings is 2. The van der Waals surface area contributed by atoms with Crippen LogP contribution < -0.4 is 14.2 Å². The maximum absolute atomic E-state index is 13.2. The van der Waals surface area contributed by atoms with Gasteiger partial charge in [-0.1, -0.05) is 25.1 Å². The summed E-state index contributed by atoms with van der Waals surface area (Å²) in [6.45, 7) is 2.47. The third-order valence-corrected chi connectivity index (χ3v) is 4.78. The van der Waals surface area contributed by atoms with E-state index in [2.05, 4.69) is 0 Å². The fourth-order valence-electron chi connectivity index (χ4n) is 3.39. The Kier molecular flexibility index (Phi) is 5.78. The second-order valence-electron chi connectivity index (χ2n) is 6.40. The highest BCUT2D eigenvalue weighted by Gasteiger charge is 2.24. The van der Waals surface area contributed by atoms with Crippen molar-refractivity contribution in [3.63, 3.8) is 0 Å². The van der Waals surface area contributed by atoms with Crippen LogP contribution in [-0.4, -0.2) is 39.2 Å². The number of furan rings is 1. The van der Waals surface area contributed by atoms with E-state index in [1.807, 2.05) is 31.2 Å². The highest BCUT2D eigenvalue weighted by Crippen LogP contribution is 2.40. The highest BCUT2D eigenvalue weighted by molar-refractivity contribution is 5.98. The molecule has 0 spiro atoms. The summed E-state index contributed by atoms with van der Waals surface area (Å²) in [6.07, 6.45) is 0.756. The third-order valence-electron chi connectivity index (χ3n) is 4.78. The fraction of sp³-hybridized carbons (Fsp3) is 0.318. The van der Waals surface area contributed by atoms with Crippen molar-refractivity contribution in [1.82, 2.24) is 4.90 Å². The fourth-order valence-corrected chi connectivity index (χ4v) is 3.39. The van der Waals surface area contributed by atoms with Crippen LogP contribution in [0.25, 0.3) is 11.0 Å². The van der Waals surface area contributed by atoms with Crippen molar-refractivity contribution in [2.24, 2.45) is 0 Å². The van der Waals surface area contributed by atoms with Gasteiger partial charge in [-0.25, -0.2) is 0 Å². The third kappa shape index (κ3) is 3.38. The van der Waals surface area contributed by atoms with Gasteiger partial charge in [0.1, 0.15) is 11.3 Å². The Bertz CT molecular complexity index is 992. The zero-order chi connectivity index (χ0) is 20.3. The first-order valence-corrected chi connectivity index (χ1v) is 9.09. The molecule has 0 aliphatic heterocycles. The lowest BCUT2D eigenvalue weighted by molar-refractivity contribution is 0.0781. The van der Waals surface area contributed by atoms with Crippen LogP contribution >= 0.6 is 0 Å². The van der Waals surface area contributed by atoms with Gasteiger partial charge in [-0.2, -0.15) is 0 Å². The zero-order valence-electron chi connectivity index (χ0n) is 16.9. The molecule has 0 atom stereocenters. The van der Waals surface area contributed by atoms with Gasteiger partial charge in [0.05, 0.1) is 26.9 Å². The number of hydrogen-bond donors (Lipinski definition) is 0. The first-order chi connectivity index (χ1) is 13.5. The van der Waals surface area contributed by atoms with Gasteiger partial charge in [0.25, 0.3) is 5.91 Å². The van der Waals surface area contributed by atoms with Crippen molar-refractivity contribution in [2.75, 3.05) is 28.4 Å². The minimum atomic E-state index is -0.176. The van der Waals surface area contributed by atoms with Crippen LogP contribution in [0.1, 0.15) is 28.6 Å². The molecule has 3 aromatic rings. The quantitative estimate of drug-likeness (QED) is 0.609. The molecular weight excluding hydrogens is 358 g/mol. The van der Waals surface area contributed by atoms with Gasteiger partial charge in [-0.3, -0.25) is 4.79 Å². The van der Waals surface area contributed by atoms with Gasteiger partial charge < -0.3 is 23.5 Å². The maximum Gasteiger partial charge on any atom is 0.257 e. The lowest BCUT2D eigenvalue weighted by Gasteiger charge is -2.21. The molecule has 28 heavy (non-hydrogen) atoms. The number of aryl methyl sites for hydroxylation is 1. The van der Waals surface area contributed by atoms with E-state index in [0.717, 1.165) is 28.7 Å². The topological polar surface area (TPSA) is 61.1 Å². The van der Waals surface area contributed by atoms with E-state index in [1.165, 1.54) is 14.2 Å². The molecule has 0 N–H and O–H groups in total. The molecular formula is C22H25NO5. The van der Waals surface area contributed by atoms with Gasteiger partial charge in [-0.15, -0.1) is 0 Å². The summed E-state index contributed by atoms with van der Waals surface area (Å²) in [5.41, 5.74) is 2.26. The molecule has 148 valence electrons. The van der Waals surface area contributed by atoms with E-state index in [4.69, 9.17) is 18.6 Å². The summed E-state index contributed by atoms with van der Waals surface area (Å²) in [6, 6.07) is 11.3. The molecule has 6 heteroatoms. The number of nitrogens with zero attached hydrogens (tertiary/aromatic N) is 1. The molecule has 1 aromatic heterocycles. The molecule has 0 saturated heterocycles. The van der Waals surface area contributed by atoms with Crippen LogP contribution in [0.15, 0.2) is 40.8 Å². The minimum Gasteiger partial charge on any atom is -0.493 e. The largest absolute Gasteiger partial charge is 0.493 e. The molecule has 0 aliphatic rings. The summed E-state index contributed by atoms with van der Waals surface area (Å²) in [5, 5.41) is 1.03. The van der Waals surface area contributed by atoms with Crippen molar-refractivity contribution >= 4 is 16.9 Å². The first-order valence-electron chi connectivity index (χ1n) is 9.09. The molecule has 0 fully saturated rings. The SMILES string of the molecule is CCc1oc2ccccc2c1CN(C)C(=O)c1ccc(OC)c(OC)c1OC. The van der Waals surface area contributed by atoms with Crippen molar-refractivity contribution in [3.05, 3.63) is 53.3 Å². The Morgan fingerprint density at radius 1 is 1.00 bits per heavy atom. The van der Waals surface area contributed by atoms with E-state index in [9.17, 15) is 4.79 Å². The summed E-state index contributed by atoms with van der Waals surface area (Å²) in [4.78, 5) is 14.8. The number of carbonyl (C=O) groups excluding carboxylic acids is 1. The number of hydrogen-bond acceptors (Lipinski definition) is 5. The molecule has 6 nitrogen and oxygen atoms in total. The number of rotatable bonds is 7. The van der Waals surface area contributed by atoms with Crippen LogP contribution in [0.3, 0.4) is 0 Å². The van der Waals surface area contributed by atoms with E-state index >= 15 is 0 Å². The summed E-state index contributed by atoms with van der Waals surface area (Å²) in [5.74, 6) is 1.97. The molecule has 2 aromatic carbocycles. The van der Waals surface area contributed by atoms with Crippen LogP contribution in [0.4, 0.5) is 0 Å². The Hall–Kier alpha value is -3.15. The lowest BCUT2D eigenvalue weighted by atomic mass is 10.1. The predicted octanol–water partition coefficient (Wildman–Crippen LogP) is 4.29. The standard InChI is InChI=1S/C22H25NO5/c1-6-17-16(14-9-7-8-10-18(14)28-17)13-23(2)22(24)15-11-12-19(25-3)21(27-5)20(15)26-4/h7-12H,6,13H2,1-5H3. The number of para-hydroxylation sites is 1. The van der Waals surface area contributed by atoms with E-state index in [1.54, 1.807) is 31.2 Å². The monoisotopic (exact) mass is 383 g/mol. The zero-order valence-corrected chi connectivity index (χ0v) is 16.9. The van der Waals surface area contributed by atoms with Crippen LogP contribution in [0.5, 0.6) is 17.2 Å². The van der Waals surface area contributed by atoms with Crippen molar-refractivity contribution < 1.29 is 23.4 Å². The Balaban J connectivity index is 1.96. The second-order valence-corrected chi connectivity index (χ2v) is 6.40. The maximum atomic E-state index is 13.2. The minimum absolute atomic E-state index is 0.176. The van der Waals surface area contributed by atoms with Crippen molar-refractivity contribution in [1.29, 1.82) is 0 Å². The summed E-state index contributed by atoms with van der Waals surface area (Å²) < 4.78 is 22.1. The Labute approximate surface area is 164 Å². The number of carbonyl (C=O) groups is 1. The van der Waals surface area contributed by atoms with Crippen LogP contribution in [0, 0.1) is 0 Å². The predicted molar refractivity (Wildman–Crippen MR) is 107 cm³/mol. The molecule has 0 aliphatic carbocycles. The molecule has 0 bridgehead atoms. The van der Waals surface area contributed by atoms with E-state index < -0.39 is 0 Å². The lowest BCUT2D eigenvalue weighted by Crippen LogP contribution is -2.27. The number of methoxy groups -OCH3 is 3. The van der Waals surface area contributed by atoms with Crippen LogP contribution in [-0.2, 0) is 13.0 Å². The van der Waals surface area contributed by atoms with Gasteiger partial charge >= 0.3 is 0 Å². The smallest absolute Gasteiger partial charge is 0.257 e. The Morgan fingerprint density at radius 3 is 2.36 bits per heavy atom. The molecule has 0 unspecified atom stereocenters. The van der Waals surface area contributed by atoms with Crippen molar-refractivity contribution in [3.8, 4) is 17.2 Å². The number of amides is 1. The van der Waals surface area contributed by atoms with Gasteiger partial charge in [0.2, 0.25) is 5.75 Å². The van der Waals surface area contributed by atoms with Gasteiger partial charge in [0, 0.05) is 31.0 Å². The molecule has 1 heterocycles. The average Bonchev–Trinajstić information content (AvgIpc) is 3.09. The normalized spacial score (nSPS) is 10.8. The highest BCUT2D eigenvalue weighted by atomic mass is 16.5. The summed E-state index contributed by atoms with van der Waals surface area (Å²) in [7, 11) is 6.33. The van der Waals surface area contributed by atoms with Gasteiger partial charge in [-0.05, 0) is 18.2 Å². The Morgan fingerprint density at radius 2 is 1.71 bits per heavy atom. The number of fused-ring (bicyclic) bond motifs is 1. The average molecular weight is 383 g/mol. The van der Waals surface area contributed by atoms with E-state index in [-0.39, 0.29) is 5.91 Å². The van der Waals surface area contributed by atoms with Gasteiger partial charge in [0.15, 0.2) is 11.5 Å². The first kappa shape index (κ1) is 19.6. The van der Waals surface area contributed by atoms with Crippen molar-refractivity contribution in [2.45, 2.75) is 19.9 Å². The summed E-state index contributed by atoms with van der Waals surface area (Å²) >= 11 is 0. The van der Waals surface area contributed by atoms with Crippen LogP contribution in [0.2, 0.25) is 0 Å². The molecule has 1 amide bonds. The molecule has 3 rings (SSSR count). The van der Waals surface area contributed by atoms with E-state index in [0.29, 0.717) is 29.4 Å². The molecule has 0 radical (unpaired) electrons. The second kappa shape index (κ2) is 8.25. The number of ether oxygens (including phenoxy) is 3. The molecule has 0 saturated carbocycles.